The van der Waals surface area contributed by atoms with Crippen LogP contribution in [0.3, 0.4) is 0 Å². The average molecular weight is 281 g/mol. The Bertz CT molecular complexity index is 705. The molecule has 21 heavy (non-hydrogen) atoms. The van der Waals surface area contributed by atoms with Crippen molar-refractivity contribution >= 4 is 17.5 Å². The van der Waals surface area contributed by atoms with Crippen LogP contribution in [-0.4, -0.2) is 11.8 Å². The number of benzene rings is 1. The lowest BCUT2D eigenvalue weighted by Gasteiger charge is -2.28. The zero-order chi connectivity index (χ0) is 14.9. The first-order valence-corrected chi connectivity index (χ1v) is 7.59. The number of hydrogen-bond acceptors (Lipinski definition) is 2. The van der Waals surface area contributed by atoms with Crippen molar-refractivity contribution in [1.29, 1.82) is 0 Å². The van der Waals surface area contributed by atoms with Gasteiger partial charge in [0.05, 0.1) is 17.0 Å². The minimum Gasteiger partial charge on any atom is -0.274 e. The van der Waals surface area contributed by atoms with Gasteiger partial charge in [0.1, 0.15) is 0 Å². The van der Waals surface area contributed by atoms with E-state index in [2.05, 4.69) is 12.2 Å². The summed E-state index contributed by atoms with van der Waals surface area (Å²) < 4.78 is 0. The minimum absolute atomic E-state index is 0.00644. The SMILES string of the molecule is Cc1cccc(N2C(=O)[C@H]3[C@@H]4C=C[C@H](C4)[C@]3(C)C2=O)c1C. The molecule has 0 radical (unpaired) electrons. The Kier molecular flexibility index (Phi) is 2.35. The van der Waals surface area contributed by atoms with E-state index >= 15 is 0 Å². The fourth-order valence-corrected chi connectivity index (χ4v) is 4.51. The largest absolute Gasteiger partial charge is 0.274 e. The number of nitrogens with zero attached hydrogens (tertiary/aromatic N) is 1. The zero-order valence-corrected chi connectivity index (χ0v) is 12.6. The van der Waals surface area contributed by atoms with Gasteiger partial charge >= 0.3 is 0 Å². The van der Waals surface area contributed by atoms with E-state index in [1.165, 1.54) is 4.90 Å². The highest BCUT2D eigenvalue weighted by molar-refractivity contribution is 6.24. The first-order chi connectivity index (χ1) is 9.96. The maximum atomic E-state index is 13.0. The van der Waals surface area contributed by atoms with Crippen molar-refractivity contribution in [2.45, 2.75) is 27.2 Å². The second kappa shape index (κ2) is 3.85. The topological polar surface area (TPSA) is 37.4 Å². The third kappa shape index (κ3) is 1.34. The van der Waals surface area contributed by atoms with E-state index < -0.39 is 5.41 Å². The Morgan fingerprint density at radius 1 is 1.19 bits per heavy atom. The molecule has 2 fully saturated rings. The fourth-order valence-electron chi connectivity index (χ4n) is 4.51. The van der Waals surface area contributed by atoms with Crippen LogP contribution in [0.4, 0.5) is 5.69 Å². The summed E-state index contributed by atoms with van der Waals surface area (Å²) in [6.07, 6.45) is 5.23. The minimum atomic E-state index is -0.535. The molecule has 1 aromatic rings. The average Bonchev–Trinajstić information content (AvgIpc) is 3.07. The van der Waals surface area contributed by atoms with Gasteiger partial charge in [-0.1, -0.05) is 24.3 Å². The summed E-state index contributed by atoms with van der Waals surface area (Å²) in [4.78, 5) is 27.4. The van der Waals surface area contributed by atoms with Crippen molar-refractivity contribution < 1.29 is 9.59 Å². The van der Waals surface area contributed by atoms with Crippen LogP contribution in [0.2, 0.25) is 0 Å². The third-order valence-corrected chi connectivity index (χ3v) is 5.93. The second-order valence-corrected chi connectivity index (χ2v) is 6.85. The fraction of sp³-hybridized carbons (Fsp3) is 0.444. The van der Waals surface area contributed by atoms with E-state index in [4.69, 9.17) is 0 Å². The first kappa shape index (κ1) is 12.8. The smallest absolute Gasteiger partial charge is 0.241 e. The van der Waals surface area contributed by atoms with Crippen LogP contribution in [0.15, 0.2) is 30.4 Å². The number of amides is 2. The van der Waals surface area contributed by atoms with Crippen molar-refractivity contribution in [2.24, 2.45) is 23.2 Å². The van der Waals surface area contributed by atoms with E-state index in [0.29, 0.717) is 0 Å². The van der Waals surface area contributed by atoms with Gasteiger partial charge in [-0.05, 0) is 56.2 Å². The molecule has 3 nitrogen and oxygen atoms in total. The van der Waals surface area contributed by atoms with Crippen LogP contribution in [-0.2, 0) is 9.59 Å². The molecule has 4 atom stereocenters. The molecule has 1 saturated carbocycles. The molecule has 0 N–H and O–H groups in total. The van der Waals surface area contributed by atoms with Crippen LogP contribution in [0.25, 0.3) is 0 Å². The Morgan fingerprint density at radius 3 is 2.67 bits per heavy atom. The number of anilines is 1. The monoisotopic (exact) mass is 281 g/mol. The number of imide groups is 1. The maximum absolute atomic E-state index is 13.0. The summed E-state index contributed by atoms with van der Waals surface area (Å²) in [5.41, 5.74) is 2.35. The van der Waals surface area contributed by atoms with Crippen LogP contribution in [0.5, 0.6) is 0 Å². The molecule has 1 aliphatic heterocycles. The number of carbonyl (C=O) groups is 2. The molecule has 3 heteroatoms. The molecule has 2 bridgehead atoms. The molecule has 108 valence electrons. The molecule has 2 aliphatic carbocycles. The molecule has 0 spiro atoms. The summed E-state index contributed by atoms with van der Waals surface area (Å²) in [7, 11) is 0. The number of rotatable bonds is 1. The summed E-state index contributed by atoms with van der Waals surface area (Å²) in [6.45, 7) is 5.98. The van der Waals surface area contributed by atoms with Gasteiger partial charge in [-0.2, -0.15) is 0 Å². The number of allylic oxidation sites excluding steroid dienone is 2. The Morgan fingerprint density at radius 2 is 1.95 bits per heavy atom. The first-order valence-electron chi connectivity index (χ1n) is 7.59. The van der Waals surface area contributed by atoms with Gasteiger partial charge < -0.3 is 0 Å². The van der Waals surface area contributed by atoms with Gasteiger partial charge in [-0.3, -0.25) is 9.59 Å². The molecular formula is C18H19NO2. The van der Waals surface area contributed by atoms with E-state index in [1.54, 1.807) is 0 Å². The van der Waals surface area contributed by atoms with E-state index in [0.717, 1.165) is 23.2 Å². The van der Waals surface area contributed by atoms with Gasteiger partial charge in [0.2, 0.25) is 11.8 Å². The Hall–Kier alpha value is -1.90. The van der Waals surface area contributed by atoms with E-state index in [1.807, 2.05) is 39.0 Å². The molecular weight excluding hydrogens is 262 g/mol. The summed E-state index contributed by atoms with van der Waals surface area (Å²) in [5.74, 6) is 0.279. The third-order valence-electron chi connectivity index (χ3n) is 5.93. The number of fused-ring (bicyclic) bond motifs is 5. The van der Waals surface area contributed by atoms with Crippen LogP contribution in [0.1, 0.15) is 24.5 Å². The molecule has 1 saturated heterocycles. The van der Waals surface area contributed by atoms with Gasteiger partial charge in [-0.15, -0.1) is 0 Å². The molecule has 3 aliphatic rings. The maximum Gasteiger partial charge on any atom is 0.241 e. The Labute approximate surface area is 124 Å². The number of aryl methyl sites for hydroxylation is 1. The molecule has 1 heterocycles. The van der Waals surface area contributed by atoms with Crippen molar-refractivity contribution in [3.8, 4) is 0 Å². The lowest BCUT2D eigenvalue weighted by molar-refractivity contribution is -0.127. The van der Waals surface area contributed by atoms with E-state index in [-0.39, 0.29) is 29.6 Å². The lowest BCUT2D eigenvalue weighted by atomic mass is 9.71. The van der Waals surface area contributed by atoms with Crippen molar-refractivity contribution in [3.63, 3.8) is 0 Å². The number of carbonyl (C=O) groups excluding carboxylic acids is 2. The highest BCUT2D eigenvalue weighted by Gasteiger charge is 2.67. The van der Waals surface area contributed by atoms with Crippen LogP contribution < -0.4 is 4.90 Å². The predicted molar refractivity (Wildman–Crippen MR) is 80.7 cm³/mol. The summed E-state index contributed by atoms with van der Waals surface area (Å²) in [6, 6.07) is 5.82. The summed E-state index contributed by atoms with van der Waals surface area (Å²) >= 11 is 0. The molecule has 0 aromatic heterocycles. The molecule has 0 unspecified atom stereocenters. The van der Waals surface area contributed by atoms with Crippen LogP contribution in [0, 0.1) is 37.0 Å². The standard InChI is InChI=1S/C18H19NO2/c1-10-5-4-6-14(11(10)2)19-16(20)15-12-7-8-13(9-12)18(15,3)17(19)21/h4-8,12-13,15H,9H2,1-3H3/t12-,13-,15-,18+/m1/s1. The van der Waals surface area contributed by atoms with Crippen molar-refractivity contribution in [1.82, 2.24) is 0 Å². The van der Waals surface area contributed by atoms with Crippen LogP contribution >= 0.6 is 0 Å². The van der Waals surface area contributed by atoms with Crippen molar-refractivity contribution in [2.75, 3.05) is 4.90 Å². The lowest BCUT2D eigenvalue weighted by Crippen LogP contribution is -2.37. The molecule has 1 aromatic carbocycles. The quantitative estimate of drug-likeness (QED) is 0.586. The molecule has 2 amide bonds. The van der Waals surface area contributed by atoms with Crippen molar-refractivity contribution in [3.05, 3.63) is 41.5 Å². The Balaban J connectivity index is 1.85. The number of hydrogen-bond donors (Lipinski definition) is 0. The van der Waals surface area contributed by atoms with Gasteiger partial charge in [0.15, 0.2) is 0 Å². The molecule has 4 rings (SSSR count). The van der Waals surface area contributed by atoms with Gasteiger partial charge in [-0.25, -0.2) is 4.90 Å². The normalized spacial score (nSPS) is 36.7. The predicted octanol–water partition coefficient (Wildman–Crippen LogP) is 3.01. The highest BCUT2D eigenvalue weighted by atomic mass is 16.2. The van der Waals surface area contributed by atoms with E-state index in [9.17, 15) is 9.59 Å². The zero-order valence-electron chi connectivity index (χ0n) is 12.6. The van der Waals surface area contributed by atoms with Gasteiger partial charge in [0.25, 0.3) is 0 Å². The summed E-state index contributed by atoms with van der Waals surface area (Å²) in [5, 5.41) is 0. The second-order valence-electron chi connectivity index (χ2n) is 6.85. The van der Waals surface area contributed by atoms with Gasteiger partial charge in [0, 0.05) is 0 Å². The highest BCUT2D eigenvalue weighted by Crippen LogP contribution is 2.61.